The quantitative estimate of drug-likeness (QED) is 0.684. The van der Waals surface area contributed by atoms with Crippen LogP contribution in [0.15, 0.2) is 36.4 Å². The van der Waals surface area contributed by atoms with Gasteiger partial charge in [0.2, 0.25) is 10.0 Å². The van der Waals surface area contributed by atoms with Gasteiger partial charge in [0.1, 0.15) is 0 Å². The first-order chi connectivity index (χ1) is 13.7. The molecular formula is C20H23ClN2O5S. The van der Waals surface area contributed by atoms with Crippen LogP contribution < -0.4 is 19.1 Å². The lowest BCUT2D eigenvalue weighted by molar-refractivity contribution is 0.0951. The van der Waals surface area contributed by atoms with Crippen molar-refractivity contribution in [1.29, 1.82) is 0 Å². The average molecular weight is 439 g/mol. The number of hydrogen-bond donors (Lipinski definition) is 1. The minimum Gasteiger partial charge on any atom is -0.493 e. The summed E-state index contributed by atoms with van der Waals surface area (Å²) in [6.45, 7) is 0.0369. The number of methoxy groups -OCH3 is 2. The molecule has 0 spiro atoms. The summed E-state index contributed by atoms with van der Waals surface area (Å²) in [6, 6.07) is 9.99. The molecule has 2 aromatic rings. The third-order valence-corrected chi connectivity index (χ3v) is 5.95. The normalized spacial score (nSPS) is 13.7. The molecule has 1 saturated carbocycles. The van der Waals surface area contributed by atoms with Crippen molar-refractivity contribution in [1.82, 2.24) is 5.32 Å². The van der Waals surface area contributed by atoms with E-state index in [4.69, 9.17) is 21.1 Å². The second-order valence-electron chi connectivity index (χ2n) is 6.87. The van der Waals surface area contributed by atoms with Crippen LogP contribution in [0.1, 0.15) is 28.8 Å². The highest BCUT2D eigenvalue weighted by atomic mass is 35.5. The van der Waals surface area contributed by atoms with Crippen molar-refractivity contribution in [3.8, 4) is 11.5 Å². The van der Waals surface area contributed by atoms with Crippen LogP contribution in [0, 0.1) is 0 Å². The van der Waals surface area contributed by atoms with Gasteiger partial charge in [0, 0.05) is 17.1 Å². The van der Waals surface area contributed by atoms with Gasteiger partial charge in [0.25, 0.3) is 5.91 Å². The van der Waals surface area contributed by atoms with Crippen LogP contribution in [0.2, 0.25) is 5.02 Å². The van der Waals surface area contributed by atoms with E-state index in [9.17, 15) is 13.2 Å². The Morgan fingerprint density at radius 2 is 1.72 bits per heavy atom. The molecule has 1 aliphatic rings. The van der Waals surface area contributed by atoms with E-state index in [1.54, 1.807) is 24.3 Å². The maximum absolute atomic E-state index is 12.9. The summed E-state index contributed by atoms with van der Waals surface area (Å²) in [5, 5.41) is 3.45. The van der Waals surface area contributed by atoms with Crippen molar-refractivity contribution in [2.45, 2.75) is 25.4 Å². The summed E-state index contributed by atoms with van der Waals surface area (Å²) < 4.78 is 37.2. The molecule has 1 aliphatic carbocycles. The Bertz CT molecular complexity index is 1000. The van der Waals surface area contributed by atoms with Crippen LogP contribution in [-0.2, 0) is 16.6 Å². The molecule has 0 aliphatic heterocycles. The lowest BCUT2D eigenvalue weighted by Gasteiger charge is -2.26. The summed E-state index contributed by atoms with van der Waals surface area (Å²) >= 11 is 5.93. The van der Waals surface area contributed by atoms with Crippen molar-refractivity contribution in [2.75, 3.05) is 24.8 Å². The van der Waals surface area contributed by atoms with Gasteiger partial charge in [0.15, 0.2) is 11.5 Å². The fourth-order valence-corrected chi connectivity index (χ4v) is 3.90. The molecular weight excluding hydrogens is 416 g/mol. The van der Waals surface area contributed by atoms with E-state index >= 15 is 0 Å². The van der Waals surface area contributed by atoms with Crippen molar-refractivity contribution >= 4 is 33.2 Å². The third-order valence-electron chi connectivity index (χ3n) is 4.57. The van der Waals surface area contributed by atoms with Crippen LogP contribution >= 0.6 is 11.6 Å². The zero-order chi connectivity index (χ0) is 21.2. The molecule has 0 saturated heterocycles. The molecule has 1 N–H and O–H groups in total. The number of rotatable bonds is 8. The monoisotopic (exact) mass is 438 g/mol. The van der Waals surface area contributed by atoms with Gasteiger partial charge in [-0.2, -0.15) is 0 Å². The summed E-state index contributed by atoms with van der Waals surface area (Å²) in [5.41, 5.74) is 1.15. The van der Waals surface area contributed by atoms with E-state index in [0.29, 0.717) is 16.5 Å². The molecule has 3 rings (SSSR count). The second-order valence-corrected chi connectivity index (χ2v) is 9.21. The minimum atomic E-state index is -3.72. The molecule has 0 atom stereocenters. The Morgan fingerprint density at radius 1 is 1.14 bits per heavy atom. The van der Waals surface area contributed by atoms with E-state index in [2.05, 4.69) is 5.32 Å². The SMILES string of the molecule is COc1cc(C(=O)NC2CC2)c(N(Cc2ccc(Cl)cc2)S(C)(=O)=O)cc1OC. The number of ether oxygens (including phenoxy) is 2. The first-order valence-corrected chi connectivity index (χ1v) is 11.2. The maximum atomic E-state index is 12.9. The molecule has 1 fully saturated rings. The minimum absolute atomic E-state index is 0.0369. The smallest absolute Gasteiger partial charge is 0.253 e. The van der Waals surface area contributed by atoms with E-state index in [-0.39, 0.29) is 29.7 Å². The van der Waals surface area contributed by atoms with Gasteiger partial charge in [-0.1, -0.05) is 23.7 Å². The molecule has 156 valence electrons. The highest BCUT2D eigenvalue weighted by Gasteiger charge is 2.29. The molecule has 29 heavy (non-hydrogen) atoms. The Kier molecular flexibility index (Phi) is 6.24. The number of anilines is 1. The number of sulfonamides is 1. The van der Waals surface area contributed by atoms with E-state index in [1.807, 2.05) is 0 Å². The Labute approximate surface area is 175 Å². The van der Waals surface area contributed by atoms with Gasteiger partial charge in [-0.25, -0.2) is 8.42 Å². The highest BCUT2D eigenvalue weighted by molar-refractivity contribution is 7.92. The van der Waals surface area contributed by atoms with Crippen LogP contribution in [0.3, 0.4) is 0 Å². The third kappa shape index (κ3) is 5.13. The number of nitrogens with one attached hydrogen (secondary N) is 1. The predicted octanol–water partition coefficient (Wildman–Crippen LogP) is 3.22. The summed E-state index contributed by atoms with van der Waals surface area (Å²) in [5.74, 6) is 0.320. The van der Waals surface area contributed by atoms with Crippen LogP contribution in [0.5, 0.6) is 11.5 Å². The lowest BCUT2D eigenvalue weighted by atomic mass is 10.1. The van der Waals surface area contributed by atoms with Gasteiger partial charge < -0.3 is 14.8 Å². The van der Waals surface area contributed by atoms with Gasteiger partial charge in [-0.3, -0.25) is 9.10 Å². The average Bonchev–Trinajstić information content (AvgIpc) is 3.49. The van der Waals surface area contributed by atoms with Gasteiger partial charge in [0.05, 0.1) is 38.3 Å². The zero-order valence-corrected chi connectivity index (χ0v) is 18.0. The van der Waals surface area contributed by atoms with Crippen molar-refractivity contribution < 1.29 is 22.7 Å². The number of amides is 1. The number of hydrogen-bond acceptors (Lipinski definition) is 5. The van der Waals surface area contributed by atoms with E-state index < -0.39 is 10.0 Å². The van der Waals surface area contributed by atoms with Crippen LogP contribution in [-0.4, -0.2) is 40.8 Å². The predicted molar refractivity (Wildman–Crippen MR) is 113 cm³/mol. The topological polar surface area (TPSA) is 84.9 Å². The maximum Gasteiger partial charge on any atom is 0.253 e. The second kappa shape index (κ2) is 8.51. The number of carbonyl (C=O) groups is 1. The van der Waals surface area contributed by atoms with Gasteiger partial charge in [-0.05, 0) is 36.6 Å². The number of halogens is 1. The molecule has 7 nitrogen and oxygen atoms in total. The Morgan fingerprint density at radius 3 is 2.24 bits per heavy atom. The van der Waals surface area contributed by atoms with E-state index in [0.717, 1.165) is 24.7 Å². The van der Waals surface area contributed by atoms with Crippen LogP contribution in [0.25, 0.3) is 0 Å². The number of nitrogens with zero attached hydrogens (tertiary/aromatic N) is 1. The standard InChI is InChI=1S/C20H23ClN2O5S/c1-27-18-10-16(20(24)22-15-8-9-15)17(11-19(18)28-2)23(29(3,25)26)12-13-4-6-14(21)7-5-13/h4-7,10-11,15H,8-9,12H2,1-3H3,(H,22,24). The molecule has 2 aromatic carbocycles. The Balaban J connectivity index is 2.11. The highest BCUT2D eigenvalue weighted by Crippen LogP contribution is 2.37. The lowest BCUT2D eigenvalue weighted by Crippen LogP contribution is -2.33. The summed E-state index contributed by atoms with van der Waals surface area (Å²) in [6.07, 6.45) is 2.92. The fraction of sp³-hybridized carbons (Fsp3) is 0.350. The van der Waals surface area contributed by atoms with Crippen molar-refractivity contribution in [2.24, 2.45) is 0 Å². The van der Waals surface area contributed by atoms with E-state index in [1.165, 1.54) is 30.7 Å². The molecule has 0 radical (unpaired) electrons. The zero-order valence-electron chi connectivity index (χ0n) is 16.4. The first kappa shape index (κ1) is 21.3. The van der Waals surface area contributed by atoms with Crippen LogP contribution in [0.4, 0.5) is 5.69 Å². The fourth-order valence-electron chi connectivity index (χ4n) is 2.88. The molecule has 0 heterocycles. The van der Waals surface area contributed by atoms with Gasteiger partial charge in [-0.15, -0.1) is 0 Å². The number of benzene rings is 2. The first-order valence-electron chi connectivity index (χ1n) is 9.02. The molecule has 1 amide bonds. The summed E-state index contributed by atoms with van der Waals surface area (Å²) in [7, 11) is -0.801. The molecule has 0 aromatic heterocycles. The molecule has 0 unspecified atom stereocenters. The largest absolute Gasteiger partial charge is 0.493 e. The van der Waals surface area contributed by atoms with Crippen molar-refractivity contribution in [3.63, 3.8) is 0 Å². The molecule has 0 bridgehead atoms. The Hall–Kier alpha value is -2.45. The molecule has 9 heteroatoms. The van der Waals surface area contributed by atoms with Gasteiger partial charge >= 0.3 is 0 Å². The summed E-state index contributed by atoms with van der Waals surface area (Å²) in [4.78, 5) is 12.9. The van der Waals surface area contributed by atoms with Crippen molar-refractivity contribution in [3.05, 3.63) is 52.5 Å². The number of carbonyl (C=O) groups excluding carboxylic acids is 1.